The molecule has 7 heteroatoms. The molecule has 0 spiro atoms. The average molecular weight is 412 g/mol. The van der Waals surface area contributed by atoms with Gasteiger partial charge in [-0.25, -0.2) is 0 Å². The van der Waals surface area contributed by atoms with Gasteiger partial charge in [0.2, 0.25) is 5.75 Å². The Morgan fingerprint density at radius 2 is 1.73 bits per heavy atom. The Hall–Kier alpha value is -2.67. The predicted molar refractivity (Wildman–Crippen MR) is 113 cm³/mol. The highest BCUT2D eigenvalue weighted by Gasteiger charge is 2.46. The van der Waals surface area contributed by atoms with Crippen molar-refractivity contribution in [2.45, 2.75) is 70.6 Å². The number of hydrogen-bond donors (Lipinski definition) is 2. The maximum atomic E-state index is 12.8. The third-order valence-corrected chi connectivity index (χ3v) is 6.88. The highest BCUT2D eigenvalue weighted by atomic mass is 16.3. The van der Waals surface area contributed by atoms with Crippen molar-refractivity contribution in [3.8, 4) is 5.75 Å². The number of aromatic nitrogens is 2. The number of aromatic hydroxyl groups is 1. The molecule has 2 aliphatic rings. The van der Waals surface area contributed by atoms with Crippen LogP contribution in [-0.2, 0) is 12.0 Å². The second kappa shape index (κ2) is 7.23. The van der Waals surface area contributed by atoms with Crippen LogP contribution in [0.3, 0.4) is 0 Å². The standard InChI is InChI=1S/C23H29N3O4/c1-13-9-14(2)11-16(10-13)23(7-5-6-8-23)19(28)20-24-21(29)18(27)17-22(30)25(4)15(3)12-26(17)20/h9-11,15,19,27-28H,5-8,12H2,1-4H3/t15?,19-/m1/s1. The van der Waals surface area contributed by atoms with E-state index in [2.05, 4.69) is 23.2 Å². The van der Waals surface area contributed by atoms with E-state index in [-0.39, 0.29) is 17.6 Å². The summed E-state index contributed by atoms with van der Waals surface area (Å²) in [4.78, 5) is 30.9. The van der Waals surface area contributed by atoms with Gasteiger partial charge in [-0.3, -0.25) is 9.59 Å². The zero-order chi connectivity index (χ0) is 21.8. The van der Waals surface area contributed by atoms with Gasteiger partial charge in [0.1, 0.15) is 11.9 Å². The fraction of sp³-hybridized carbons (Fsp3) is 0.522. The smallest absolute Gasteiger partial charge is 0.316 e. The highest BCUT2D eigenvalue weighted by Crippen LogP contribution is 2.50. The fourth-order valence-electron chi connectivity index (χ4n) is 5.16. The van der Waals surface area contributed by atoms with E-state index in [4.69, 9.17) is 0 Å². The van der Waals surface area contributed by atoms with Crippen LogP contribution in [0, 0.1) is 13.8 Å². The number of carbonyl (C=O) groups is 1. The molecule has 0 bridgehead atoms. The van der Waals surface area contributed by atoms with Gasteiger partial charge in [0.05, 0.1) is 0 Å². The van der Waals surface area contributed by atoms with Crippen LogP contribution in [0.5, 0.6) is 5.75 Å². The van der Waals surface area contributed by atoms with Crippen molar-refractivity contribution in [1.29, 1.82) is 0 Å². The Balaban J connectivity index is 1.92. The number of likely N-dealkylation sites (N-methyl/N-ethyl adjacent to an activating group) is 1. The van der Waals surface area contributed by atoms with Crippen LogP contribution in [0.2, 0.25) is 0 Å². The number of hydrogen-bond acceptors (Lipinski definition) is 5. The van der Waals surface area contributed by atoms with Crippen molar-refractivity contribution >= 4 is 5.91 Å². The summed E-state index contributed by atoms with van der Waals surface area (Å²) in [6, 6.07) is 6.14. The molecule has 1 aromatic heterocycles. The molecule has 160 valence electrons. The van der Waals surface area contributed by atoms with Gasteiger partial charge < -0.3 is 19.7 Å². The van der Waals surface area contributed by atoms with Crippen LogP contribution in [0.25, 0.3) is 0 Å². The van der Waals surface area contributed by atoms with Gasteiger partial charge in [-0.1, -0.05) is 42.2 Å². The summed E-state index contributed by atoms with van der Waals surface area (Å²) in [5.74, 6) is -0.921. The molecular weight excluding hydrogens is 382 g/mol. The first-order chi connectivity index (χ1) is 14.2. The first-order valence-corrected chi connectivity index (χ1v) is 10.5. The van der Waals surface area contributed by atoms with E-state index in [0.29, 0.717) is 6.54 Å². The van der Waals surface area contributed by atoms with E-state index in [0.717, 1.165) is 42.4 Å². The minimum absolute atomic E-state index is 0.0850. The van der Waals surface area contributed by atoms with Crippen molar-refractivity contribution < 1.29 is 15.0 Å². The van der Waals surface area contributed by atoms with Gasteiger partial charge in [-0.05, 0) is 39.2 Å². The van der Waals surface area contributed by atoms with E-state index in [9.17, 15) is 19.8 Å². The number of amides is 1. The van der Waals surface area contributed by atoms with Crippen molar-refractivity contribution in [1.82, 2.24) is 14.5 Å². The first-order valence-electron chi connectivity index (χ1n) is 10.5. The number of nitrogens with zero attached hydrogens (tertiary/aromatic N) is 3. The van der Waals surface area contributed by atoms with Crippen LogP contribution < -0.4 is 5.56 Å². The lowest BCUT2D eigenvalue weighted by Gasteiger charge is -2.39. The summed E-state index contributed by atoms with van der Waals surface area (Å²) in [5.41, 5.74) is 1.73. The molecule has 2 heterocycles. The SMILES string of the molecule is Cc1cc(C)cc(C2([C@H](O)c3nc(=O)c(O)c4n3CC(C)N(C)C4=O)CCCC2)c1. The molecule has 0 saturated heterocycles. The Kier molecular flexibility index (Phi) is 4.97. The maximum Gasteiger partial charge on any atom is 0.316 e. The molecule has 2 atom stereocenters. The third-order valence-electron chi connectivity index (χ3n) is 6.88. The molecule has 2 N–H and O–H groups in total. The Labute approximate surface area is 176 Å². The normalized spacial score (nSPS) is 21.6. The number of carbonyl (C=O) groups excluding carboxylic acids is 1. The highest BCUT2D eigenvalue weighted by molar-refractivity contribution is 5.95. The summed E-state index contributed by atoms with van der Waals surface area (Å²) in [6.07, 6.45) is 2.42. The summed E-state index contributed by atoms with van der Waals surface area (Å²) in [7, 11) is 1.64. The average Bonchev–Trinajstić information content (AvgIpc) is 3.18. The number of aliphatic hydroxyl groups is 1. The minimum atomic E-state index is -1.06. The van der Waals surface area contributed by atoms with Crippen molar-refractivity contribution in [2.75, 3.05) is 7.05 Å². The predicted octanol–water partition coefficient (Wildman–Crippen LogP) is 2.59. The number of aryl methyl sites for hydroxylation is 2. The van der Waals surface area contributed by atoms with Gasteiger partial charge in [-0.15, -0.1) is 0 Å². The lowest BCUT2D eigenvalue weighted by molar-refractivity contribution is 0.0554. The molecule has 2 aromatic rings. The zero-order valence-corrected chi connectivity index (χ0v) is 18.0. The summed E-state index contributed by atoms with van der Waals surface area (Å²) < 4.78 is 1.55. The summed E-state index contributed by atoms with van der Waals surface area (Å²) in [6.45, 7) is 6.31. The molecule has 30 heavy (non-hydrogen) atoms. The van der Waals surface area contributed by atoms with E-state index in [1.165, 1.54) is 4.90 Å². The molecular formula is C23H29N3O4. The second-order valence-corrected chi connectivity index (χ2v) is 8.99. The molecule has 0 radical (unpaired) electrons. The molecule has 1 aromatic carbocycles. The largest absolute Gasteiger partial charge is 0.501 e. The van der Waals surface area contributed by atoms with Gasteiger partial charge in [0.25, 0.3) is 5.91 Å². The van der Waals surface area contributed by atoms with Crippen LogP contribution >= 0.6 is 0 Å². The molecule has 1 amide bonds. The summed E-state index contributed by atoms with van der Waals surface area (Å²) in [5, 5.41) is 22.0. The number of benzene rings is 1. The van der Waals surface area contributed by atoms with Crippen LogP contribution in [0.15, 0.2) is 23.0 Å². The lowest BCUT2D eigenvalue weighted by atomic mass is 9.73. The quantitative estimate of drug-likeness (QED) is 0.809. The van der Waals surface area contributed by atoms with Crippen molar-refractivity contribution in [3.05, 3.63) is 56.8 Å². The van der Waals surface area contributed by atoms with E-state index >= 15 is 0 Å². The molecule has 4 rings (SSSR count). The Morgan fingerprint density at radius 3 is 2.33 bits per heavy atom. The van der Waals surface area contributed by atoms with Crippen LogP contribution in [0.4, 0.5) is 0 Å². The molecule has 1 aliphatic carbocycles. The molecule has 1 aliphatic heterocycles. The zero-order valence-electron chi connectivity index (χ0n) is 18.0. The molecule has 1 fully saturated rings. The van der Waals surface area contributed by atoms with Gasteiger partial charge in [0.15, 0.2) is 5.69 Å². The topological polar surface area (TPSA) is 95.7 Å². The Bertz CT molecular complexity index is 1050. The number of aliphatic hydroxyl groups excluding tert-OH is 1. The third kappa shape index (κ3) is 3.03. The van der Waals surface area contributed by atoms with Gasteiger partial charge in [0, 0.05) is 25.0 Å². The molecule has 7 nitrogen and oxygen atoms in total. The number of rotatable bonds is 3. The van der Waals surface area contributed by atoms with Crippen LogP contribution in [0.1, 0.15) is 71.7 Å². The number of fused-ring (bicyclic) bond motifs is 1. The molecule has 1 unspecified atom stereocenters. The minimum Gasteiger partial charge on any atom is -0.501 e. The fourth-order valence-corrected chi connectivity index (χ4v) is 5.16. The summed E-state index contributed by atoms with van der Waals surface area (Å²) >= 11 is 0. The van der Waals surface area contributed by atoms with E-state index < -0.39 is 28.7 Å². The van der Waals surface area contributed by atoms with Gasteiger partial charge in [-0.2, -0.15) is 4.98 Å². The van der Waals surface area contributed by atoms with Crippen LogP contribution in [-0.4, -0.2) is 43.7 Å². The van der Waals surface area contributed by atoms with E-state index in [1.54, 1.807) is 11.6 Å². The lowest BCUT2D eigenvalue weighted by Crippen LogP contribution is -2.47. The maximum absolute atomic E-state index is 12.8. The second-order valence-electron chi connectivity index (χ2n) is 8.99. The van der Waals surface area contributed by atoms with Crippen molar-refractivity contribution in [3.63, 3.8) is 0 Å². The van der Waals surface area contributed by atoms with Gasteiger partial charge >= 0.3 is 5.56 Å². The first kappa shape index (κ1) is 20.6. The van der Waals surface area contributed by atoms with E-state index in [1.807, 2.05) is 20.8 Å². The Morgan fingerprint density at radius 1 is 1.13 bits per heavy atom. The molecule has 1 saturated carbocycles. The monoisotopic (exact) mass is 411 g/mol. The van der Waals surface area contributed by atoms with Crippen molar-refractivity contribution in [2.24, 2.45) is 0 Å².